The molecule has 7 heteroatoms. The Kier molecular flexibility index (Phi) is 4.12. The van der Waals surface area contributed by atoms with Crippen LogP contribution in [0.15, 0.2) is 69.1 Å². The first kappa shape index (κ1) is 19.2. The van der Waals surface area contributed by atoms with Crippen LogP contribution in [0.25, 0.3) is 11.0 Å². The van der Waals surface area contributed by atoms with Crippen molar-refractivity contribution in [3.8, 4) is 5.75 Å². The molecule has 0 bridgehead atoms. The Balaban J connectivity index is 1.81. The first-order valence-electron chi connectivity index (χ1n) is 9.99. The van der Waals surface area contributed by atoms with Crippen molar-refractivity contribution in [2.24, 2.45) is 5.41 Å². The Hall–Kier alpha value is -3.74. The Morgan fingerprint density at radius 2 is 1.74 bits per heavy atom. The molecule has 1 aromatic heterocycles. The van der Waals surface area contributed by atoms with Gasteiger partial charge >= 0.3 is 5.63 Å². The maximum atomic E-state index is 13.2. The lowest BCUT2D eigenvalue weighted by Crippen LogP contribution is -2.34. The molecule has 5 rings (SSSR count). The largest absolute Gasteiger partial charge is 0.460 e. The Bertz CT molecular complexity index is 1350. The fourth-order valence-electron chi connectivity index (χ4n) is 4.57. The van der Waals surface area contributed by atoms with E-state index in [2.05, 4.69) is 0 Å². The molecule has 7 nitrogen and oxygen atoms in total. The number of non-ortho nitro benzene ring substituents is 1. The van der Waals surface area contributed by atoms with Gasteiger partial charge in [0.15, 0.2) is 5.78 Å². The van der Waals surface area contributed by atoms with E-state index in [4.69, 9.17) is 9.15 Å². The highest BCUT2D eigenvalue weighted by atomic mass is 16.6. The number of carbonyl (C=O) groups excluding carboxylic acids is 1. The second-order valence-electron chi connectivity index (χ2n) is 8.79. The highest BCUT2D eigenvalue weighted by Crippen LogP contribution is 2.50. The van der Waals surface area contributed by atoms with Crippen molar-refractivity contribution in [2.45, 2.75) is 32.6 Å². The van der Waals surface area contributed by atoms with Gasteiger partial charge in [0.2, 0.25) is 0 Å². The summed E-state index contributed by atoms with van der Waals surface area (Å²) in [6.45, 7) is 4.01. The minimum Gasteiger partial charge on any atom is -0.460 e. The number of fused-ring (bicyclic) bond motifs is 3. The highest BCUT2D eigenvalue weighted by molar-refractivity contribution is 6.01. The van der Waals surface area contributed by atoms with Gasteiger partial charge in [-0.3, -0.25) is 14.9 Å². The van der Waals surface area contributed by atoms with Gasteiger partial charge in [0.1, 0.15) is 17.1 Å². The topological polar surface area (TPSA) is 99.7 Å². The summed E-state index contributed by atoms with van der Waals surface area (Å²) in [6, 6.07) is 13.0. The Morgan fingerprint density at radius 3 is 2.45 bits per heavy atom. The molecule has 2 heterocycles. The zero-order valence-electron chi connectivity index (χ0n) is 17.0. The number of nitrogens with zero attached hydrogens (tertiary/aromatic N) is 1. The minimum atomic E-state index is -0.705. The van der Waals surface area contributed by atoms with Crippen LogP contribution in [0.3, 0.4) is 0 Å². The van der Waals surface area contributed by atoms with Crippen molar-refractivity contribution in [1.29, 1.82) is 0 Å². The first-order valence-corrected chi connectivity index (χ1v) is 9.99. The zero-order chi connectivity index (χ0) is 21.9. The van der Waals surface area contributed by atoms with E-state index in [1.807, 2.05) is 26.0 Å². The number of benzene rings is 2. The van der Waals surface area contributed by atoms with Crippen LogP contribution in [0.4, 0.5) is 5.69 Å². The van der Waals surface area contributed by atoms with Crippen molar-refractivity contribution in [3.05, 3.63) is 91.5 Å². The smallest absolute Gasteiger partial charge is 0.344 e. The second-order valence-corrected chi connectivity index (χ2v) is 8.79. The quantitative estimate of drug-likeness (QED) is 0.335. The standard InChI is InChI=1S/C24H19NO6/c1-24(2)11-16(26)20-18(12-24)30-22-15-5-3-4-6-17(15)31-23(27)21(22)19(20)13-7-9-14(10-8-13)25(28)29/h3-10,19H,11-12H2,1-2H3. The molecule has 0 saturated heterocycles. The number of ketones is 1. The number of hydrogen-bond acceptors (Lipinski definition) is 6. The lowest BCUT2D eigenvalue weighted by molar-refractivity contribution is -0.384. The van der Waals surface area contributed by atoms with Crippen LogP contribution in [0.1, 0.15) is 43.7 Å². The maximum absolute atomic E-state index is 13.2. The minimum absolute atomic E-state index is 0.0631. The summed E-state index contributed by atoms with van der Waals surface area (Å²) in [5, 5.41) is 11.7. The second kappa shape index (κ2) is 6.63. The van der Waals surface area contributed by atoms with Gasteiger partial charge in [-0.05, 0) is 23.1 Å². The highest BCUT2D eigenvalue weighted by Gasteiger charge is 2.44. The molecular formula is C24H19NO6. The number of nitro groups is 1. The molecule has 1 aliphatic heterocycles. The number of carbonyl (C=O) groups is 1. The number of Topliss-reactive ketones (excluding diaryl/α,β-unsaturated/α-hetero) is 1. The van der Waals surface area contributed by atoms with Gasteiger partial charge < -0.3 is 9.15 Å². The molecule has 0 N–H and O–H groups in total. The number of nitro benzene ring substituents is 1. The zero-order valence-corrected chi connectivity index (χ0v) is 17.0. The van der Waals surface area contributed by atoms with Crippen molar-refractivity contribution in [3.63, 3.8) is 0 Å². The van der Waals surface area contributed by atoms with Crippen LogP contribution in [0.2, 0.25) is 0 Å². The van der Waals surface area contributed by atoms with Gasteiger partial charge in [-0.1, -0.05) is 38.1 Å². The van der Waals surface area contributed by atoms with E-state index in [0.717, 1.165) is 0 Å². The number of rotatable bonds is 2. The number of allylic oxidation sites excluding steroid dienone is 2. The molecule has 1 aliphatic carbocycles. The van der Waals surface area contributed by atoms with Gasteiger partial charge in [0.05, 0.1) is 21.8 Å². The Morgan fingerprint density at radius 1 is 1.03 bits per heavy atom. The molecule has 156 valence electrons. The normalized spacial score (nSPS) is 19.5. The molecule has 2 aliphatic rings. The van der Waals surface area contributed by atoms with E-state index < -0.39 is 16.5 Å². The summed E-state index contributed by atoms with van der Waals surface area (Å²) < 4.78 is 11.8. The predicted molar refractivity (Wildman–Crippen MR) is 113 cm³/mol. The SMILES string of the molecule is CC1(C)CC(=O)C2=C(C1)Oc1c(c(=O)oc3ccccc13)C2c1ccc([N+](=O)[O-])cc1. The third-order valence-corrected chi connectivity index (χ3v) is 5.92. The summed E-state index contributed by atoms with van der Waals surface area (Å²) in [5.41, 5.74) is 0.774. The van der Waals surface area contributed by atoms with Crippen LogP contribution >= 0.6 is 0 Å². The van der Waals surface area contributed by atoms with Crippen LogP contribution < -0.4 is 10.4 Å². The van der Waals surface area contributed by atoms with Crippen molar-refractivity contribution < 1.29 is 18.9 Å². The van der Waals surface area contributed by atoms with E-state index in [-0.39, 0.29) is 22.4 Å². The predicted octanol–water partition coefficient (Wildman–Crippen LogP) is 4.87. The van der Waals surface area contributed by atoms with E-state index in [0.29, 0.717) is 46.5 Å². The van der Waals surface area contributed by atoms with Crippen LogP contribution in [-0.2, 0) is 4.79 Å². The molecular weight excluding hydrogens is 398 g/mol. The molecule has 0 saturated carbocycles. The molecule has 0 fully saturated rings. The molecule has 2 aromatic carbocycles. The fraction of sp³-hybridized carbons (Fsp3) is 0.250. The fourth-order valence-corrected chi connectivity index (χ4v) is 4.57. The molecule has 1 atom stereocenters. The summed E-state index contributed by atoms with van der Waals surface area (Å²) in [7, 11) is 0. The average Bonchev–Trinajstić information content (AvgIpc) is 2.71. The summed E-state index contributed by atoms with van der Waals surface area (Å²) in [6.07, 6.45) is 0.873. The summed E-state index contributed by atoms with van der Waals surface area (Å²) >= 11 is 0. The summed E-state index contributed by atoms with van der Waals surface area (Å²) in [5.74, 6) is 0.143. The maximum Gasteiger partial charge on any atom is 0.344 e. The number of para-hydroxylation sites is 1. The van der Waals surface area contributed by atoms with E-state index in [1.165, 1.54) is 12.1 Å². The average molecular weight is 417 g/mol. The lowest BCUT2D eigenvalue weighted by Gasteiger charge is -2.38. The molecule has 1 unspecified atom stereocenters. The van der Waals surface area contributed by atoms with E-state index >= 15 is 0 Å². The molecule has 3 aromatic rings. The van der Waals surface area contributed by atoms with Gasteiger partial charge in [0, 0.05) is 30.5 Å². The number of hydrogen-bond donors (Lipinski definition) is 0. The Labute approximate surface area is 177 Å². The van der Waals surface area contributed by atoms with Gasteiger partial charge in [-0.25, -0.2) is 4.79 Å². The van der Waals surface area contributed by atoms with Crippen molar-refractivity contribution >= 4 is 22.4 Å². The van der Waals surface area contributed by atoms with E-state index in [9.17, 15) is 19.7 Å². The molecule has 0 spiro atoms. The lowest BCUT2D eigenvalue weighted by atomic mass is 9.70. The molecule has 31 heavy (non-hydrogen) atoms. The van der Waals surface area contributed by atoms with Crippen molar-refractivity contribution in [1.82, 2.24) is 0 Å². The van der Waals surface area contributed by atoms with E-state index in [1.54, 1.807) is 24.3 Å². The molecule has 0 amide bonds. The van der Waals surface area contributed by atoms with Crippen LogP contribution in [0.5, 0.6) is 5.75 Å². The third kappa shape index (κ3) is 3.04. The first-order chi connectivity index (χ1) is 14.7. The monoisotopic (exact) mass is 417 g/mol. The van der Waals surface area contributed by atoms with Crippen molar-refractivity contribution in [2.75, 3.05) is 0 Å². The van der Waals surface area contributed by atoms with Gasteiger partial charge in [-0.2, -0.15) is 0 Å². The molecule has 0 radical (unpaired) electrons. The van der Waals surface area contributed by atoms with Crippen LogP contribution in [-0.4, -0.2) is 10.7 Å². The third-order valence-electron chi connectivity index (χ3n) is 5.92. The van der Waals surface area contributed by atoms with Gasteiger partial charge in [0.25, 0.3) is 5.69 Å². The summed E-state index contributed by atoms with van der Waals surface area (Å²) in [4.78, 5) is 36.9. The van der Waals surface area contributed by atoms with Crippen LogP contribution in [0, 0.1) is 15.5 Å². The van der Waals surface area contributed by atoms with Gasteiger partial charge in [-0.15, -0.1) is 0 Å². The number of ether oxygens (including phenoxy) is 1.